The summed E-state index contributed by atoms with van der Waals surface area (Å²) in [5, 5.41) is 0.381. The van der Waals surface area contributed by atoms with Gasteiger partial charge in [-0.15, -0.1) is 0 Å². The van der Waals surface area contributed by atoms with Gasteiger partial charge in [-0.05, 0) is 43.3 Å². The molecule has 0 fully saturated rings. The molecule has 23 heavy (non-hydrogen) atoms. The van der Waals surface area contributed by atoms with Gasteiger partial charge >= 0.3 is 0 Å². The fourth-order valence-corrected chi connectivity index (χ4v) is 3.17. The number of ether oxygens (including phenoxy) is 1. The van der Waals surface area contributed by atoms with Gasteiger partial charge < -0.3 is 10.5 Å². The lowest BCUT2D eigenvalue weighted by atomic mass is 10.2. The van der Waals surface area contributed by atoms with E-state index in [9.17, 15) is 4.79 Å². The monoisotopic (exact) mass is 327 g/mol. The topological polar surface area (TPSA) is 70.1 Å². The molecule has 1 atom stereocenters. The van der Waals surface area contributed by atoms with Crippen molar-refractivity contribution in [3.63, 3.8) is 0 Å². The maximum absolute atomic E-state index is 11.4. The fourth-order valence-electron chi connectivity index (χ4n) is 2.28. The van der Waals surface area contributed by atoms with Gasteiger partial charge in [0.2, 0.25) is 5.91 Å². The lowest BCUT2D eigenvalue weighted by Crippen LogP contribution is -2.23. The van der Waals surface area contributed by atoms with Crippen LogP contribution in [0.4, 0.5) is 0 Å². The number of fused-ring (bicyclic) bond motifs is 1. The Balaban J connectivity index is 2.13. The number of carbonyl (C=O) groups is 1. The van der Waals surface area contributed by atoms with Crippen LogP contribution in [0, 0.1) is 0 Å². The van der Waals surface area contributed by atoms with E-state index in [1.807, 2.05) is 53.1 Å². The smallest absolute Gasteiger partial charge is 0.230 e. The quantitative estimate of drug-likeness (QED) is 0.731. The average Bonchev–Trinajstić information content (AvgIpc) is 2.92. The predicted molar refractivity (Wildman–Crippen MR) is 92.1 cm³/mol. The molecule has 0 aliphatic heterocycles. The number of carbonyl (C=O) groups excluding carboxylic acids is 1. The van der Waals surface area contributed by atoms with Crippen molar-refractivity contribution in [3.8, 4) is 11.4 Å². The van der Waals surface area contributed by atoms with E-state index in [1.54, 1.807) is 14.0 Å². The average molecular weight is 327 g/mol. The number of hydrogen-bond donors (Lipinski definition) is 1. The van der Waals surface area contributed by atoms with Crippen molar-refractivity contribution in [1.82, 2.24) is 9.55 Å². The molecule has 0 saturated carbocycles. The van der Waals surface area contributed by atoms with E-state index in [2.05, 4.69) is 4.98 Å². The standard InChI is InChI=1S/C17H17N3O2S/c1-11(16(18)21)23-17-19-14-5-3-4-6-15(14)20(17)12-7-9-13(22-2)10-8-12/h3-11H,1-2H3,(H2,18,21)/t11-/m1/s1. The summed E-state index contributed by atoms with van der Waals surface area (Å²) in [5.74, 6) is 0.432. The third kappa shape index (κ3) is 3.03. The fraction of sp³-hybridized carbons (Fsp3) is 0.176. The molecular weight excluding hydrogens is 310 g/mol. The highest BCUT2D eigenvalue weighted by atomic mass is 32.2. The van der Waals surface area contributed by atoms with Crippen LogP contribution < -0.4 is 10.5 Å². The van der Waals surface area contributed by atoms with Crippen LogP contribution in [0.25, 0.3) is 16.7 Å². The van der Waals surface area contributed by atoms with Crippen molar-refractivity contribution in [1.29, 1.82) is 0 Å². The lowest BCUT2D eigenvalue weighted by Gasteiger charge is -2.11. The molecule has 0 bridgehead atoms. The van der Waals surface area contributed by atoms with E-state index in [4.69, 9.17) is 10.5 Å². The highest BCUT2D eigenvalue weighted by molar-refractivity contribution is 8.00. The number of hydrogen-bond acceptors (Lipinski definition) is 4. The van der Waals surface area contributed by atoms with Crippen molar-refractivity contribution >= 4 is 28.7 Å². The molecule has 0 aliphatic rings. The molecule has 2 N–H and O–H groups in total. The van der Waals surface area contributed by atoms with Gasteiger partial charge in [0, 0.05) is 5.69 Å². The number of methoxy groups -OCH3 is 1. The maximum Gasteiger partial charge on any atom is 0.230 e. The number of rotatable bonds is 5. The Morgan fingerprint density at radius 1 is 1.22 bits per heavy atom. The number of nitrogens with two attached hydrogens (primary N) is 1. The van der Waals surface area contributed by atoms with E-state index in [0.29, 0.717) is 0 Å². The first kappa shape index (κ1) is 15.4. The van der Waals surface area contributed by atoms with E-state index >= 15 is 0 Å². The van der Waals surface area contributed by atoms with E-state index in [0.717, 1.165) is 27.6 Å². The summed E-state index contributed by atoms with van der Waals surface area (Å²) in [7, 11) is 1.64. The zero-order chi connectivity index (χ0) is 16.4. The van der Waals surface area contributed by atoms with Gasteiger partial charge in [-0.2, -0.15) is 0 Å². The molecule has 3 aromatic rings. The molecule has 6 heteroatoms. The van der Waals surface area contributed by atoms with Crippen LogP contribution >= 0.6 is 11.8 Å². The number of aromatic nitrogens is 2. The Morgan fingerprint density at radius 2 is 1.91 bits per heavy atom. The molecule has 0 spiro atoms. The number of nitrogens with zero attached hydrogens (tertiary/aromatic N) is 2. The zero-order valence-electron chi connectivity index (χ0n) is 12.9. The first-order chi connectivity index (χ1) is 11.1. The van der Waals surface area contributed by atoms with Gasteiger partial charge in [0.25, 0.3) is 0 Å². The van der Waals surface area contributed by atoms with E-state index in [1.165, 1.54) is 11.8 Å². The minimum Gasteiger partial charge on any atom is -0.497 e. The minimum atomic E-state index is -0.358. The van der Waals surface area contributed by atoms with Crippen molar-refractivity contribution < 1.29 is 9.53 Å². The minimum absolute atomic E-state index is 0.358. The van der Waals surface area contributed by atoms with Crippen LogP contribution in [0.5, 0.6) is 5.75 Å². The number of imidazole rings is 1. The van der Waals surface area contributed by atoms with Gasteiger partial charge in [-0.1, -0.05) is 23.9 Å². The first-order valence-electron chi connectivity index (χ1n) is 7.18. The second-order valence-corrected chi connectivity index (χ2v) is 6.39. The highest BCUT2D eigenvalue weighted by Crippen LogP contribution is 2.30. The number of primary amides is 1. The Bertz CT molecular complexity index is 843. The number of benzene rings is 2. The van der Waals surface area contributed by atoms with Crippen molar-refractivity contribution in [2.24, 2.45) is 5.73 Å². The molecule has 2 aromatic carbocycles. The highest BCUT2D eigenvalue weighted by Gasteiger charge is 2.18. The molecule has 0 saturated heterocycles. The molecule has 1 aromatic heterocycles. The summed E-state index contributed by atoms with van der Waals surface area (Å²) in [4.78, 5) is 16.0. The molecule has 118 valence electrons. The largest absolute Gasteiger partial charge is 0.497 e. The van der Waals surface area contributed by atoms with E-state index in [-0.39, 0.29) is 11.2 Å². The van der Waals surface area contributed by atoms with Gasteiger partial charge in [-0.25, -0.2) is 4.98 Å². The third-order valence-electron chi connectivity index (χ3n) is 3.54. The second kappa shape index (κ2) is 6.34. The number of thioether (sulfide) groups is 1. The third-order valence-corrected chi connectivity index (χ3v) is 4.61. The van der Waals surface area contributed by atoms with E-state index < -0.39 is 0 Å². The van der Waals surface area contributed by atoms with Crippen molar-refractivity contribution in [2.75, 3.05) is 7.11 Å². The van der Waals surface area contributed by atoms with Crippen LogP contribution in [-0.2, 0) is 4.79 Å². The molecule has 1 heterocycles. The van der Waals surface area contributed by atoms with Crippen LogP contribution in [0.1, 0.15) is 6.92 Å². The van der Waals surface area contributed by atoms with Gasteiger partial charge in [0.15, 0.2) is 5.16 Å². The lowest BCUT2D eigenvalue weighted by molar-refractivity contribution is -0.117. The summed E-state index contributed by atoms with van der Waals surface area (Å²) < 4.78 is 7.24. The van der Waals surface area contributed by atoms with Crippen molar-refractivity contribution in [2.45, 2.75) is 17.3 Å². The van der Waals surface area contributed by atoms with Gasteiger partial charge in [0.1, 0.15) is 5.75 Å². The maximum atomic E-state index is 11.4. The SMILES string of the molecule is COc1ccc(-n2c(S[C@H](C)C(N)=O)nc3ccccc32)cc1. The van der Waals surface area contributed by atoms with Crippen molar-refractivity contribution in [3.05, 3.63) is 48.5 Å². The van der Waals surface area contributed by atoms with Crippen LogP contribution in [0.15, 0.2) is 53.7 Å². The molecule has 0 unspecified atom stereocenters. The Kier molecular flexibility index (Phi) is 4.25. The molecule has 0 radical (unpaired) electrons. The van der Waals surface area contributed by atoms with Crippen LogP contribution in [0.2, 0.25) is 0 Å². The summed E-state index contributed by atoms with van der Waals surface area (Å²) in [6.07, 6.45) is 0. The Labute approximate surface area is 138 Å². The summed E-state index contributed by atoms with van der Waals surface area (Å²) >= 11 is 1.35. The second-order valence-electron chi connectivity index (χ2n) is 5.08. The summed E-state index contributed by atoms with van der Waals surface area (Å²) in [5.41, 5.74) is 8.21. The summed E-state index contributed by atoms with van der Waals surface area (Å²) in [6.45, 7) is 1.78. The molecule has 1 amide bonds. The molecular formula is C17H17N3O2S. The zero-order valence-corrected chi connectivity index (χ0v) is 13.7. The number of amides is 1. The molecule has 5 nitrogen and oxygen atoms in total. The number of para-hydroxylation sites is 2. The molecule has 3 rings (SSSR count). The Hall–Kier alpha value is -2.47. The van der Waals surface area contributed by atoms with Crippen LogP contribution in [-0.4, -0.2) is 27.8 Å². The first-order valence-corrected chi connectivity index (χ1v) is 8.06. The normalized spacial score (nSPS) is 12.3. The van der Waals surface area contributed by atoms with Gasteiger partial charge in [-0.3, -0.25) is 9.36 Å². The Morgan fingerprint density at radius 3 is 2.57 bits per heavy atom. The van der Waals surface area contributed by atoms with Crippen LogP contribution in [0.3, 0.4) is 0 Å². The predicted octanol–water partition coefficient (Wildman–Crippen LogP) is 3.00. The van der Waals surface area contributed by atoms with Gasteiger partial charge in [0.05, 0.1) is 23.4 Å². The summed E-state index contributed by atoms with van der Waals surface area (Å²) in [6, 6.07) is 15.6. The molecule has 0 aliphatic carbocycles.